The van der Waals surface area contributed by atoms with Crippen molar-refractivity contribution in [2.45, 2.75) is 174 Å². The van der Waals surface area contributed by atoms with E-state index in [0.717, 1.165) is 25.7 Å². The van der Waals surface area contributed by atoms with E-state index in [2.05, 4.69) is 62.5 Å². The molecular formula is C35H64O. The summed E-state index contributed by atoms with van der Waals surface area (Å²) in [5, 5.41) is 10.2. The Morgan fingerprint density at radius 3 is 1.06 bits per heavy atom. The predicted molar refractivity (Wildman–Crippen MR) is 165 cm³/mol. The number of allylic oxidation sites excluding steroid dienone is 8. The zero-order chi connectivity index (χ0) is 26.2. The van der Waals surface area contributed by atoms with Gasteiger partial charge in [0, 0.05) is 0 Å². The Bertz CT molecular complexity index is 467. The van der Waals surface area contributed by atoms with Crippen molar-refractivity contribution < 1.29 is 5.11 Å². The van der Waals surface area contributed by atoms with Gasteiger partial charge >= 0.3 is 0 Å². The van der Waals surface area contributed by atoms with Gasteiger partial charge in [-0.05, 0) is 77.0 Å². The highest BCUT2D eigenvalue weighted by Gasteiger charge is 2.03. The minimum absolute atomic E-state index is 0.0686. The largest absolute Gasteiger partial charge is 0.393 e. The molecule has 0 aliphatic rings. The van der Waals surface area contributed by atoms with Gasteiger partial charge in [0.1, 0.15) is 0 Å². The van der Waals surface area contributed by atoms with Crippen molar-refractivity contribution >= 4 is 0 Å². The highest BCUT2D eigenvalue weighted by molar-refractivity contribution is 4.93. The molecule has 210 valence electrons. The summed E-state index contributed by atoms with van der Waals surface area (Å²) in [6.45, 7) is 4.52. The molecule has 0 atom stereocenters. The van der Waals surface area contributed by atoms with Crippen LogP contribution in [0.15, 0.2) is 48.6 Å². The van der Waals surface area contributed by atoms with Crippen molar-refractivity contribution in [3.63, 3.8) is 0 Å². The molecule has 0 aromatic rings. The van der Waals surface area contributed by atoms with Crippen molar-refractivity contribution in [3.8, 4) is 0 Å². The van der Waals surface area contributed by atoms with Crippen LogP contribution < -0.4 is 0 Å². The lowest BCUT2D eigenvalue weighted by molar-refractivity contribution is 0.147. The minimum Gasteiger partial charge on any atom is -0.393 e. The van der Waals surface area contributed by atoms with Gasteiger partial charge < -0.3 is 5.11 Å². The SMILES string of the molecule is CCCCC/C=C\C/C=C\CCCCCCCC(O)CCCCCCC/C=C\C/C=C\CCCCC. The van der Waals surface area contributed by atoms with Gasteiger partial charge in [-0.25, -0.2) is 0 Å². The smallest absolute Gasteiger partial charge is 0.0540 e. The van der Waals surface area contributed by atoms with Crippen molar-refractivity contribution in [1.29, 1.82) is 0 Å². The van der Waals surface area contributed by atoms with Crippen LogP contribution in [0.2, 0.25) is 0 Å². The Labute approximate surface area is 227 Å². The minimum atomic E-state index is -0.0686. The van der Waals surface area contributed by atoms with E-state index < -0.39 is 0 Å². The van der Waals surface area contributed by atoms with Crippen molar-refractivity contribution in [3.05, 3.63) is 48.6 Å². The van der Waals surface area contributed by atoms with E-state index in [1.165, 1.54) is 128 Å². The lowest BCUT2D eigenvalue weighted by Crippen LogP contribution is -2.05. The van der Waals surface area contributed by atoms with Crippen LogP contribution in [0.3, 0.4) is 0 Å². The van der Waals surface area contributed by atoms with Crippen molar-refractivity contribution in [1.82, 2.24) is 0 Å². The first-order valence-corrected chi connectivity index (χ1v) is 16.1. The van der Waals surface area contributed by atoms with Gasteiger partial charge in [0.05, 0.1) is 6.10 Å². The van der Waals surface area contributed by atoms with E-state index in [-0.39, 0.29) is 6.10 Å². The molecule has 0 aromatic heterocycles. The molecule has 0 spiro atoms. The number of hydrogen-bond acceptors (Lipinski definition) is 1. The van der Waals surface area contributed by atoms with Crippen LogP contribution in [0.4, 0.5) is 0 Å². The molecule has 0 unspecified atom stereocenters. The molecule has 1 N–H and O–H groups in total. The van der Waals surface area contributed by atoms with E-state index in [4.69, 9.17) is 0 Å². The maximum absolute atomic E-state index is 10.2. The Kier molecular flexibility index (Phi) is 31.0. The molecule has 0 rings (SSSR count). The average Bonchev–Trinajstić information content (AvgIpc) is 2.88. The fraction of sp³-hybridized carbons (Fsp3) is 0.771. The number of unbranched alkanes of at least 4 members (excludes halogenated alkanes) is 16. The molecule has 0 fully saturated rings. The van der Waals surface area contributed by atoms with Gasteiger partial charge in [-0.3, -0.25) is 0 Å². The third-order valence-electron chi connectivity index (χ3n) is 6.98. The molecule has 0 aliphatic carbocycles. The number of aliphatic hydroxyl groups excluding tert-OH is 1. The zero-order valence-electron chi connectivity index (χ0n) is 24.6. The molecule has 36 heavy (non-hydrogen) atoms. The van der Waals surface area contributed by atoms with Crippen LogP contribution in [0.5, 0.6) is 0 Å². The van der Waals surface area contributed by atoms with Gasteiger partial charge in [-0.15, -0.1) is 0 Å². The van der Waals surface area contributed by atoms with Crippen LogP contribution in [-0.4, -0.2) is 11.2 Å². The quantitative estimate of drug-likeness (QED) is 0.0836. The van der Waals surface area contributed by atoms with Crippen LogP contribution in [0.1, 0.15) is 168 Å². The Hall–Kier alpha value is -1.08. The van der Waals surface area contributed by atoms with E-state index >= 15 is 0 Å². The summed E-state index contributed by atoms with van der Waals surface area (Å²) in [6, 6.07) is 0. The van der Waals surface area contributed by atoms with Gasteiger partial charge in [-0.2, -0.15) is 0 Å². The second kappa shape index (κ2) is 31.9. The molecule has 0 radical (unpaired) electrons. The second-order valence-corrected chi connectivity index (χ2v) is 10.7. The molecule has 0 aromatic carbocycles. The van der Waals surface area contributed by atoms with Gasteiger partial charge in [0.2, 0.25) is 0 Å². The first-order valence-electron chi connectivity index (χ1n) is 16.1. The monoisotopic (exact) mass is 500 g/mol. The molecule has 0 aliphatic heterocycles. The Morgan fingerprint density at radius 1 is 0.389 bits per heavy atom. The molecule has 1 heteroatoms. The highest BCUT2D eigenvalue weighted by atomic mass is 16.3. The van der Waals surface area contributed by atoms with Gasteiger partial charge in [-0.1, -0.05) is 140 Å². The Balaban J connectivity index is 3.31. The topological polar surface area (TPSA) is 20.2 Å². The van der Waals surface area contributed by atoms with E-state index in [1.54, 1.807) is 0 Å². The fourth-order valence-electron chi connectivity index (χ4n) is 4.53. The summed E-state index contributed by atoms with van der Waals surface area (Å²) in [6.07, 6.45) is 48.6. The average molecular weight is 501 g/mol. The van der Waals surface area contributed by atoms with Crippen molar-refractivity contribution in [2.24, 2.45) is 0 Å². The highest BCUT2D eigenvalue weighted by Crippen LogP contribution is 2.14. The Morgan fingerprint density at radius 2 is 0.694 bits per heavy atom. The summed E-state index contributed by atoms with van der Waals surface area (Å²) >= 11 is 0. The normalized spacial score (nSPS) is 12.6. The summed E-state index contributed by atoms with van der Waals surface area (Å²) in [5.74, 6) is 0. The van der Waals surface area contributed by atoms with Crippen LogP contribution >= 0.6 is 0 Å². The number of rotatable bonds is 28. The number of hydrogen-bond donors (Lipinski definition) is 1. The predicted octanol–water partition coefficient (Wildman–Crippen LogP) is 12.0. The van der Waals surface area contributed by atoms with Gasteiger partial charge in [0.15, 0.2) is 0 Å². The second-order valence-electron chi connectivity index (χ2n) is 10.7. The van der Waals surface area contributed by atoms with Crippen LogP contribution in [0.25, 0.3) is 0 Å². The lowest BCUT2D eigenvalue weighted by Gasteiger charge is -2.10. The standard InChI is InChI=1S/C35H64O/c1-3-5-7-9-11-13-15-17-19-21-23-25-27-29-31-33-35(36)34-32-30-28-26-24-22-20-18-16-14-12-10-8-6-4-2/h11-14,17-20,35-36H,3-10,15-16,21-34H2,1-2H3/b13-11-,14-12-,19-17-,20-18-. The maximum atomic E-state index is 10.2. The zero-order valence-corrected chi connectivity index (χ0v) is 24.6. The number of aliphatic hydroxyl groups is 1. The van der Waals surface area contributed by atoms with Crippen molar-refractivity contribution in [2.75, 3.05) is 0 Å². The molecule has 0 heterocycles. The third-order valence-corrected chi connectivity index (χ3v) is 6.98. The molecule has 0 saturated carbocycles. The van der Waals surface area contributed by atoms with E-state index in [9.17, 15) is 5.11 Å². The third kappa shape index (κ3) is 31.0. The summed E-state index contributed by atoms with van der Waals surface area (Å²) in [4.78, 5) is 0. The summed E-state index contributed by atoms with van der Waals surface area (Å²) in [5.41, 5.74) is 0. The summed E-state index contributed by atoms with van der Waals surface area (Å²) in [7, 11) is 0. The lowest BCUT2D eigenvalue weighted by atomic mass is 10.0. The molecular weight excluding hydrogens is 436 g/mol. The first-order chi connectivity index (χ1) is 17.8. The first kappa shape index (κ1) is 34.9. The molecule has 0 bridgehead atoms. The molecule has 0 saturated heterocycles. The maximum Gasteiger partial charge on any atom is 0.0540 e. The summed E-state index contributed by atoms with van der Waals surface area (Å²) < 4.78 is 0. The molecule has 0 amide bonds. The fourth-order valence-corrected chi connectivity index (χ4v) is 4.53. The van der Waals surface area contributed by atoms with Crippen LogP contribution in [-0.2, 0) is 0 Å². The molecule has 1 nitrogen and oxygen atoms in total. The van der Waals surface area contributed by atoms with Gasteiger partial charge in [0.25, 0.3) is 0 Å². The van der Waals surface area contributed by atoms with E-state index in [1.807, 2.05) is 0 Å². The van der Waals surface area contributed by atoms with Crippen LogP contribution in [0, 0.1) is 0 Å². The van der Waals surface area contributed by atoms with E-state index in [0.29, 0.717) is 0 Å².